The Balaban J connectivity index is 1.40. The van der Waals surface area contributed by atoms with Gasteiger partial charge in [0.25, 0.3) is 0 Å². The quantitative estimate of drug-likeness (QED) is 0.143. The summed E-state index contributed by atoms with van der Waals surface area (Å²) in [4.78, 5) is 0. The number of hydrogen-bond donors (Lipinski definition) is 0. The number of allylic oxidation sites excluding steroid dienone is 2. The predicted molar refractivity (Wildman–Crippen MR) is 141 cm³/mol. The lowest BCUT2D eigenvalue weighted by Crippen LogP contribution is -2.19. The Bertz CT molecular complexity index is 1430. The molecule has 0 bridgehead atoms. The zero-order valence-corrected chi connectivity index (χ0v) is 21.4. The molecule has 0 saturated heterocycles. The van der Waals surface area contributed by atoms with Crippen LogP contribution in [0.15, 0.2) is 78.9 Å². The maximum atomic E-state index is 15.2. The molecular formula is C32H28F6O. The Hall–Kier alpha value is -3.74. The minimum absolute atomic E-state index is 0.0365. The molecule has 39 heavy (non-hydrogen) atoms. The molecule has 4 aromatic carbocycles. The van der Waals surface area contributed by atoms with Gasteiger partial charge in [-0.15, -0.1) is 13.2 Å². The van der Waals surface area contributed by atoms with E-state index >= 15 is 4.39 Å². The first-order chi connectivity index (χ1) is 18.6. The van der Waals surface area contributed by atoms with Gasteiger partial charge in [0.1, 0.15) is 5.82 Å². The number of hydrogen-bond acceptors (Lipinski definition) is 1. The van der Waals surface area contributed by atoms with Gasteiger partial charge in [0.05, 0.1) is 0 Å². The van der Waals surface area contributed by atoms with Crippen LogP contribution in [0.2, 0.25) is 0 Å². The molecule has 0 aliphatic carbocycles. The van der Waals surface area contributed by atoms with Gasteiger partial charge >= 0.3 is 6.36 Å². The van der Waals surface area contributed by atoms with Crippen molar-refractivity contribution < 1.29 is 31.1 Å². The normalized spacial score (nSPS) is 12.0. The highest BCUT2D eigenvalue weighted by Gasteiger charge is 2.34. The summed E-state index contributed by atoms with van der Waals surface area (Å²) in [5.74, 6) is -4.86. The van der Waals surface area contributed by atoms with E-state index < -0.39 is 29.6 Å². The van der Waals surface area contributed by atoms with Gasteiger partial charge < -0.3 is 4.74 Å². The molecule has 0 atom stereocenters. The van der Waals surface area contributed by atoms with Crippen LogP contribution >= 0.6 is 0 Å². The first-order valence-electron chi connectivity index (χ1n) is 12.8. The highest BCUT2D eigenvalue weighted by molar-refractivity contribution is 5.84. The Kier molecular flexibility index (Phi) is 9.00. The zero-order valence-electron chi connectivity index (χ0n) is 21.4. The topological polar surface area (TPSA) is 9.23 Å². The molecule has 0 saturated carbocycles. The van der Waals surface area contributed by atoms with Crippen molar-refractivity contribution in [2.24, 2.45) is 0 Å². The summed E-state index contributed by atoms with van der Waals surface area (Å²) in [7, 11) is 0. The number of benzene rings is 4. The van der Waals surface area contributed by atoms with Crippen molar-refractivity contribution in [1.29, 1.82) is 0 Å². The first kappa shape index (κ1) is 28.3. The second kappa shape index (κ2) is 12.4. The smallest absolute Gasteiger partial charge is 0.399 e. The molecule has 0 aromatic heterocycles. The number of halogens is 6. The molecule has 0 spiro atoms. The van der Waals surface area contributed by atoms with Gasteiger partial charge in [-0.05, 0) is 90.8 Å². The van der Waals surface area contributed by atoms with Gasteiger partial charge in [0.15, 0.2) is 11.6 Å². The zero-order chi connectivity index (χ0) is 28.0. The van der Waals surface area contributed by atoms with E-state index in [2.05, 4.69) is 41.2 Å². The van der Waals surface area contributed by atoms with Gasteiger partial charge in [-0.25, -0.2) is 13.2 Å². The van der Waals surface area contributed by atoms with E-state index in [0.29, 0.717) is 10.9 Å². The Morgan fingerprint density at radius 3 is 1.90 bits per heavy atom. The van der Waals surface area contributed by atoms with E-state index in [1.807, 2.05) is 19.1 Å². The standard InChI is InChI=1S/C32H28F6O/c1-2-3-4-5-21-6-8-22(9-7-21)10-11-23-13-17-27-26(18-23)16-15-25(30(27)35)14-12-24-19-28(33)31(29(34)20-24)39-32(36,37)38/h2-3,6-9,13,15-20H,4-5,10-12,14H2,1H3/b3-2+. The lowest BCUT2D eigenvalue weighted by molar-refractivity contribution is -0.276. The van der Waals surface area contributed by atoms with Crippen LogP contribution in [-0.4, -0.2) is 6.36 Å². The number of ether oxygens (including phenoxy) is 1. The minimum Gasteiger partial charge on any atom is -0.399 e. The molecule has 4 aromatic rings. The highest BCUT2D eigenvalue weighted by Crippen LogP contribution is 2.30. The second-order valence-corrected chi connectivity index (χ2v) is 9.45. The predicted octanol–water partition coefficient (Wildman–Crippen LogP) is 9.23. The van der Waals surface area contributed by atoms with Gasteiger partial charge in [0.2, 0.25) is 5.75 Å². The lowest BCUT2D eigenvalue weighted by Gasteiger charge is -2.12. The Morgan fingerprint density at radius 2 is 1.26 bits per heavy atom. The van der Waals surface area contributed by atoms with E-state index in [0.717, 1.165) is 48.8 Å². The van der Waals surface area contributed by atoms with Crippen LogP contribution in [0, 0.1) is 17.5 Å². The van der Waals surface area contributed by atoms with Crippen LogP contribution < -0.4 is 4.74 Å². The van der Waals surface area contributed by atoms with Crippen molar-refractivity contribution in [1.82, 2.24) is 0 Å². The van der Waals surface area contributed by atoms with Crippen LogP contribution in [-0.2, 0) is 32.1 Å². The van der Waals surface area contributed by atoms with Crippen molar-refractivity contribution >= 4 is 10.8 Å². The number of alkyl halides is 3. The molecule has 0 radical (unpaired) electrons. The molecule has 204 valence electrons. The van der Waals surface area contributed by atoms with Gasteiger partial charge in [-0.1, -0.05) is 66.7 Å². The first-order valence-corrected chi connectivity index (χ1v) is 12.8. The molecule has 0 heterocycles. The summed E-state index contributed by atoms with van der Waals surface area (Å²) in [5, 5.41) is 1.19. The van der Waals surface area contributed by atoms with Gasteiger partial charge in [-0.3, -0.25) is 0 Å². The van der Waals surface area contributed by atoms with Crippen LogP contribution in [0.25, 0.3) is 10.8 Å². The molecule has 0 aliphatic heterocycles. The third kappa shape index (κ3) is 7.65. The fraction of sp³-hybridized carbons (Fsp3) is 0.250. The summed E-state index contributed by atoms with van der Waals surface area (Å²) in [6, 6.07) is 19.2. The largest absolute Gasteiger partial charge is 0.573 e. The third-order valence-corrected chi connectivity index (χ3v) is 6.62. The number of fused-ring (bicyclic) bond motifs is 1. The van der Waals surface area contributed by atoms with Gasteiger partial charge in [0, 0.05) is 5.39 Å². The van der Waals surface area contributed by atoms with E-state index in [1.54, 1.807) is 18.2 Å². The molecular weight excluding hydrogens is 514 g/mol. The number of aryl methyl sites for hydroxylation is 5. The Labute approximate surface area is 223 Å². The molecule has 7 heteroatoms. The van der Waals surface area contributed by atoms with E-state index in [-0.39, 0.29) is 18.4 Å². The minimum atomic E-state index is -5.21. The fourth-order valence-corrected chi connectivity index (χ4v) is 4.56. The van der Waals surface area contributed by atoms with Crippen LogP contribution in [0.4, 0.5) is 26.3 Å². The lowest BCUT2D eigenvalue weighted by atomic mass is 9.97. The summed E-state index contributed by atoms with van der Waals surface area (Å²) in [5.41, 5.74) is 4.06. The van der Waals surface area contributed by atoms with Crippen LogP contribution in [0.5, 0.6) is 5.75 Å². The fourth-order valence-electron chi connectivity index (χ4n) is 4.56. The molecule has 0 aliphatic rings. The van der Waals surface area contributed by atoms with Gasteiger partial charge in [-0.2, -0.15) is 0 Å². The van der Waals surface area contributed by atoms with E-state index in [4.69, 9.17) is 0 Å². The third-order valence-electron chi connectivity index (χ3n) is 6.62. The number of rotatable bonds is 10. The van der Waals surface area contributed by atoms with Crippen molar-refractivity contribution in [3.8, 4) is 5.75 Å². The Morgan fingerprint density at radius 1 is 0.667 bits per heavy atom. The average Bonchev–Trinajstić information content (AvgIpc) is 2.89. The maximum absolute atomic E-state index is 15.2. The monoisotopic (exact) mass is 542 g/mol. The molecule has 0 unspecified atom stereocenters. The summed E-state index contributed by atoms with van der Waals surface area (Å²) in [6.45, 7) is 2.02. The summed E-state index contributed by atoms with van der Waals surface area (Å²) < 4.78 is 83.7. The molecule has 4 rings (SSSR count). The van der Waals surface area contributed by atoms with Crippen molar-refractivity contribution in [3.63, 3.8) is 0 Å². The average molecular weight is 543 g/mol. The van der Waals surface area contributed by atoms with Crippen LogP contribution in [0.1, 0.15) is 41.2 Å². The SMILES string of the molecule is C/C=C/CCc1ccc(CCc2ccc3c(F)c(CCc4cc(F)c(OC(F)(F)F)c(F)c4)ccc3c2)cc1. The molecule has 0 amide bonds. The van der Waals surface area contributed by atoms with E-state index in [1.165, 1.54) is 11.1 Å². The molecule has 1 nitrogen and oxygen atoms in total. The van der Waals surface area contributed by atoms with E-state index in [9.17, 15) is 22.0 Å². The summed E-state index contributed by atoms with van der Waals surface area (Å²) >= 11 is 0. The highest BCUT2D eigenvalue weighted by atomic mass is 19.4. The van der Waals surface area contributed by atoms with Crippen molar-refractivity contribution in [2.45, 2.75) is 51.8 Å². The molecule has 0 fully saturated rings. The van der Waals surface area contributed by atoms with Crippen molar-refractivity contribution in [3.05, 3.63) is 124 Å². The van der Waals surface area contributed by atoms with Crippen molar-refractivity contribution in [2.75, 3.05) is 0 Å². The van der Waals surface area contributed by atoms with Crippen LogP contribution in [0.3, 0.4) is 0 Å². The maximum Gasteiger partial charge on any atom is 0.573 e. The second-order valence-electron chi connectivity index (χ2n) is 9.45. The summed E-state index contributed by atoms with van der Waals surface area (Å²) in [6.07, 6.45) is 2.86. The molecule has 0 N–H and O–H groups in total.